The Morgan fingerprint density at radius 2 is 1.62 bits per heavy atom. The Hall–Kier alpha value is -1.76. The predicted molar refractivity (Wildman–Crippen MR) is 114 cm³/mol. The number of halogens is 1. The zero-order valence-corrected chi connectivity index (χ0v) is 17.2. The standard InChI is InChI=1S/C19H26N4.HI/c1-20-19(23(4)15-16-9-6-5-7-10-16)21-14-17-11-8-12-18(13-17)22(2)3;/h5-13H,14-15H2,1-4H3,(H,20,21);1H. The highest BCUT2D eigenvalue weighted by atomic mass is 127. The third kappa shape index (κ3) is 6.03. The molecule has 0 fully saturated rings. The van der Waals surface area contributed by atoms with Crippen LogP contribution in [0.15, 0.2) is 59.6 Å². The van der Waals surface area contributed by atoms with Crippen LogP contribution in [0, 0.1) is 0 Å². The number of hydrogen-bond donors (Lipinski definition) is 1. The summed E-state index contributed by atoms with van der Waals surface area (Å²) in [6.07, 6.45) is 0. The molecule has 0 amide bonds. The summed E-state index contributed by atoms with van der Waals surface area (Å²) >= 11 is 0. The maximum absolute atomic E-state index is 4.38. The molecule has 0 aliphatic heterocycles. The molecule has 0 bridgehead atoms. The molecule has 0 radical (unpaired) electrons. The smallest absolute Gasteiger partial charge is 0.193 e. The molecule has 2 rings (SSSR count). The summed E-state index contributed by atoms with van der Waals surface area (Å²) in [6, 6.07) is 18.9. The molecule has 0 spiro atoms. The molecule has 130 valence electrons. The van der Waals surface area contributed by atoms with Crippen LogP contribution >= 0.6 is 24.0 Å². The van der Waals surface area contributed by atoms with Gasteiger partial charge in [0.1, 0.15) is 0 Å². The summed E-state index contributed by atoms with van der Waals surface area (Å²) < 4.78 is 0. The van der Waals surface area contributed by atoms with Crippen molar-refractivity contribution in [3.8, 4) is 0 Å². The second kappa shape index (κ2) is 10.2. The molecule has 0 atom stereocenters. The van der Waals surface area contributed by atoms with E-state index in [4.69, 9.17) is 0 Å². The van der Waals surface area contributed by atoms with Crippen molar-refractivity contribution in [3.63, 3.8) is 0 Å². The van der Waals surface area contributed by atoms with Gasteiger partial charge in [0.25, 0.3) is 0 Å². The maximum atomic E-state index is 4.38. The summed E-state index contributed by atoms with van der Waals surface area (Å²) in [4.78, 5) is 8.62. The lowest BCUT2D eigenvalue weighted by atomic mass is 10.2. The van der Waals surface area contributed by atoms with Gasteiger partial charge in [-0.05, 0) is 23.3 Å². The number of rotatable bonds is 5. The van der Waals surface area contributed by atoms with E-state index in [1.165, 1.54) is 16.8 Å². The van der Waals surface area contributed by atoms with Gasteiger partial charge in [0.05, 0.1) is 0 Å². The van der Waals surface area contributed by atoms with Crippen molar-refractivity contribution in [3.05, 3.63) is 65.7 Å². The first-order chi connectivity index (χ1) is 11.1. The number of aliphatic imine (C=N–C) groups is 1. The van der Waals surface area contributed by atoms with Crippen molar-refractivity contribution in [2.75, 3.05) is 33.1 Å². The van der Waals surface area contributed by atoms with Crippen LogP contribution in [0.2, 0.25) is 0 Å². The van der Waals surface area contributed by atoms with E-state index in [0.717, 1.165) is 19.0 Å². The van der Waals surface area contributed by atoms with E-state index in [9.17, 15) is 0 Å². The minimum Gasteiger partial charge on any atom is -0.378 e. The van der Waals surface area contributed by atoms with Crippen molar-refractivity contribution in [1.29, 1.82) is 0 Å². The van der Waals surface area contributed by atoms with Gasteiger partial charge < -0.3 is 15.1 Å². The molecule has 24 heavy (non-hydrogen) atoms. The lowest BCUT2D eigenvalue weighted by Gasteiger charge is -2.22. The first-order valence-electron chi connectivity index (χ1n) is 7.82. The number of benzene rings is 2. The van der Waals surface area contributed by atoms with E-state index in [1.54, 1.807) is 0 Å². The van der Waals surface area contributed by atoms with Gasteiger partial charge in [-0.25, -0.2) is 0 Å². The Bertz CT molecular complexity index is 641. The lowest BCUT2D eigenvalue weighted by molar-refractivity contribution is 0.476. The lowest BCUT2D eigenvalue weighted by Crippen LogP contribution is -2.38. The Labute approximate surface area is 162 Å². The third-order valence-electron chi connectivity index (χ3n) is 3.71. The first-order valence-corrected chi connectivity index (χ1v) is 7.82. The average molecular weight is 438 g/mol. The second-order valence-electron chi connectivity index (χ2n) is 5.81. The predicted octanol–water partition coefficient (Wildman–Crippen LogP) is 3.58. The van der Waals surface area contributed by atoms with Gasteiger partial charge in [-0.3, -0.25) is 4.99 Å². The zero-order valence-electron chi connectivity index (χ0n) is 14.9. The number of guanidine groups is 1. The van der Waals surface area contributed by atoms with E-state index in [2.05, 4.69) is 89.8 Å². The van der Waals surface area contributed by atoms with Crippen molar-refractivity contribution < 1.29 is 0 Å². The summed E-state index contributed by atoms with van der Waals surface area (Å²) in [5.74, 6) is 0.893. The highest BCUT2D eigenvalue weighted by Gasteiger charge is 2.06. The minimum absolute atomic E-state index is 0. The zero-order chi connectivity index (χ0) is 16.7. The summed E-state index contributed by atoms with van der Waals surface area (Å²) in [5, 5.41) is 3.43. The van der Waals surface area contributed by atoms with Crippen molar-refractivity contribution in [2.24, 2.45) is 4.99 Å². The summed E-state index contributed by atoms with van der Waals surface area (Å²) in [6.45, 7) is 1.59. The van der Waals surface area contributed by atoms with Gasteiger partial charge in [0, 0.05) is 47.0 Å². The second-order valence-corrected chi connectivity index (χ2v) is 5.81. The minimum atomic E-state index is 0. The monoisotopic (exact) mass is 438 g/mol. The molecular formula is C19H27IN4. The molecule has 0 saturated heterocycles. The Morgan fingerprint density at radius 3 is 2.25 bits per heavy atom. The SMILES string of the molecule is CN=C(NCc1cccc(N(C)C)c1)N(C)Cc1ccccc1.I. The highest BCUT2D eigenvalue weighted by Crippen LogP contribution is 2.13. The molecule has 2 aromatic carbocycles. The molecule has 0 aromatic heterocycles. The quantitative estimate of drug-likeness (QED) is 0.440. The Morgan fingerprint density at radius 1 is 0.958 bits per heavy atom. The van der Waals surface area contributed by atoms with E-state index in [0.29, 0.717) is 0 Å². The fourth-order valence-electron chi connectivity index (χ4n) is 2.44. The molecule has 0 heterocycles. The van der Waals surface area contributed by atoms with Gasteiger partial charge in [-0.1, -0.05) is 42.5 Å². The number of anilines is 1. The van der Waals surface area contributed by atoms with E-state index in [1.807, 2.05) is 13.1 Å². The fourth-order valence-corrected chi connectivity index (χ4v) is 2.44. The topological polar surface area (TPSA) is 30.9 Å². The number of nitrogens with one attached hydrogen (secondary N) is 1. The van der Waals surface area contributed by atoms with Crippen LogP contribution in [-0.4, -0.2) is 39.1 Å². The largest absolute Gasteiger partial charge is 0.378 e. The molecule has 0 saturated carbocycles. The highest BCUT2D eigenvalue weighted by molar-refractivity contribution is 14.0. The first kappa shape index (κ1) is 20.3. The molecule has 0 aliphatic carbocycles. The summed E-state index contributed by atoms with van der Waals surface area (Å²) in [5.41, 5.74) is 3.72. The van der Waals surface area contributed by atoms with E-state index in [-0.39, 0.29) is 24.0 Å². The van der Waals surface area contributed by atoms with Crippen molar-refractivity contribution in [2.45, 2.75) is 13.1 Å². The average Bonchev–Trinajstić information content (AvgIpc) is 2.56. The van der Waals surface area contributed by atoms with Crippen LogP contribution in [-0.2, 0) is 13.1 Å². The Balaban J connectivity index is 0.00000288. The molecule has 0 aliphatic rings. The van der Waals surface area contributed by atoms with E-state index >= 15 is 0 Å². The van der Waals surface area contributed by atoms with Gasteiger partial charge >= 0.3 is 0 Å². The normalized spacial score (nSPS) is 10.8. The van der Waals surface area contributed by atoms with Gasteiger partial charge in [0.15, 0.2) is 5.96 Å². The van der Waals surface area contributed by atoms with Crippen molar-refractivity contribution >= 4 is 35.6 Å². The fraction of sp³-hybridized carbons (Fsp3) is 0.316. The maximum Gasteiger partial charge on any atom is 0.193 e. The van der Waals surface area contributed by atoms with Crippen LogP contribution in [0.3, 0.4) is 0 Å². The van der Waals surface area contributed by atoms with Gasteiger partial charge in [-0.15, -0.1) is 24.0 Å². The Kier molecular flexibility index (Phi) is 8.60. The molecule has 0 unspecified atom stereocenters. The van der Waals surface area contributed by atoms with Crippen LogP contribution in [0.5, 0.6) is 0 Å². The number of nitrogens with zero attached hydrogens (tertiary/aromatic N) is 3. The van der Waals surface area contributed by atoms with Crippen LogP contribution in [0.25, 0.3) is 0 Å². The summed E-state index contributed by atoms with van der Waals surface area (Å²) in [7, 11) is 7.98. The van der Waals surface area contributed by atoms with Crippen LogP contribution in [0.4, 0.5) is 5.69 Å². The molecule has 1 N–H and O–H groups in total. The number of hydrogen-bond acceptors (Lipinski definition) is 2. The van der Waals surface area contributed by atoms with Crippen LogP contribution < -0.4 is 10.2 Å². The van der Waals surface area contributed by atoms with Crippen LogP contribution in [0.1, 0.15) is 11.1 Å². The van der Waals surface area contributed by atoms with E-state index < -0.39 is 0 Å². The molecular weight excluding hydrogens is 411 g/mol. The third-order valence-corrected chi connectivity index (χ3v) is 3.71. The molecule has 4 nitrogen and oxygen atoms in total. The van der Waals surface area contributed by atoms with Crippen molar-refractivity contribution in [1.82, 2.24) is 10.2 Å². The molecule has 2 aromatic rings. The van der Waals surface area contributed by atoms with Gasteiger partial charge in [-0.2, -0.15) is 0 Å². The molecule has 5 heteroatoms. The van der Waals surface area contributed by atoms with Gasteiger partial charge in [0.2, 0.25) is 0 Å².